The number of para-hydroxylation sites is 1. The predicted molar refractivity (Wildman–Crippen MR) is 154 cm³/mol. The lowest BCUT2D eigenvalue weighted by Crippen LogP contribution is -2.57. The van der Waals surface area contributed by atoms with Crippen LogP contribution in [0.5, 0.6) is 17.2 Å². The Morgan fingerprint density at radius 3 is 2.55 bits per heavy atom. The van der Waals surface area contributed by atoms with Crippen molar-refractivity contribution in [2.45, 2.75) is 56.3 Å². The minimum absolute atomic E-state index is 0.0325. The van der Waals surface area contributed by atoms with Crippen LogP contribution >= 0.6 is 0 Å². The number of rotatable bonds is 11. The number of aliphatic hydroxyl groups is 2. The van der Waals surface area contributed by atoms with Gasteiger partial charge in [-0.15, -0.1) is 0 Å². The van der Waals surface area contributed by atoms with Gasteiger partial charge in [-0.05, 0) is 49.1 Å². The van der Waals surface area contributed by atoms with Crippen LogP contribution in [0.3, 0.4) is 0 Å². The summed E-state index contributed by atoms with van der Waals surface area (Å²) in [6.45, 7) is 0.0771. The van der Waals surface area contributed by atoms with Gasteiger partial charge in [-0.25, -0.2) is 0 Å². The summed E-state index contributed by atoms with van der Waals surface area (Å²) in [5, 5.41) is 24.0. The zero-order valence-corrected chi connectivity index (χ0v) is 24.0. The van der Waals surface area contributed by atoms with Gasteiger partial charge < -0.3 is 34.6 Å². The Labute approximate surface area is 245 Å². The summed E-state index contributed by atoms with van der Waals surface area (Å²) in [7, 11) is 3.06. The Kier molecular flexibility index (Phi) is 9.13. The molecule has 0 radical (unpaired) electrons. The van der Waals surface area contributed by atoms with Crippen LogP contribution in [-0.2, 0) is 16.0 Å². The fourth-order valence-electron chi connectivity index (χ4n) is 6.52. The summed E-state index contributed by atoms with van der Waals surface area (Å²) in [5.74, 6) is -0.00369. The first-order chi connectivity index (χ1) is 20.4. The first-order valence-corrected chi connectivity index (χ1v) is 14.5. The normalized spacial score (nSPS) is 22.8. The van der Waals surface area contributed by atoms with Crippen molar-refractivity contribution in [3.8, 4) is 17.2 Å². The number of nitrogens with one attached hydrogen (secondary N) is 1. The van der Waals surface area contributed by atoms with Gasteiger partial charge in [0.05, 0.1) is 32.8 Å². The molecule has 224 valence electrons. The number of fused-ring (bicyclic) bond motifs is 3. The molecule has 2 aromatic carbocycles. The number of methoxy groups -OCH3 is 2. The van der Waals surface area contributed by atoms with E-state index >= 15 is 0 Å². The smallest absolute Gasteiger partial charge is 0.247 e. The Morgan fingerprint density at radius 1 is 1.12 bits per heavy atom. The number of hydrogen-bond acceptors (Lipinski definition) is 8. The van der Waals surface area contributed by atoms with Crippen LogP contribution in [0.25, 0.3) is 0 Å². The van der Waals surface area contributed by atoms with Gasteiger partial charge in [0.2, 0.25) is 11.8 Å². The molecule has 3 aliphatic rings. The molecular formula is C32H38N2O8. The molecule has 0 aromatic heterocycles. The highest BCUT2D eigenvalue weighted by molar-refractivity contribution is 5.96. The number of benzene rings is 2. The summed E-state index contributed by atoms with van der Waals surface area (Å²) >= 11 is 0. The van der Waals surface area contributed by atoms with Crippen molar-refractivity contribution in [3.63, 3.8) is 0 Å². The molecule has 3 N–H and O–H groups in total. The van der Waals surface area contributed by atoms with Crippen LogP contribution in [0.1, 0.15) is 53.1 Å². The van der Waals surface area contributed by atoms with Crippen molar-refractivity contribution in [1.29, 1.82) is 0 Å². The molecule has 10 heteroatoms. The average molecular weight is 579 g/mol. The van der Waals surface area contributed by atoms with E-state index in [9.17, 15) is 24.6 Å². The number of carbonyl (C=O) groups is 3. The molecule has 1 saturated carbocycles. The van der Waals surface area contributed by atoms with E-state index in [0.717, 1.165) is 31.2 Å². The first-order valence-electron chi connectivity index (χ1n) is 14.5. The van der Waals surface area contributed by atoms with E-state index in [0.29, 0.717) is 53.2 Å². The van der Waals surface area contributed by atoms with Crippen LogP contribution in [-0.4, -0.2) is 85.4 Å². The Morgan fingerprint density at radius 2 is 1.86 bits per heavy atom. The number of aliphatic hydroxyl groups excluding tert-OH is 2. The van der Waals surface area contributed by atoms with Gasteiger partial charge >= 0.3 is 0 Å². The van der Waals surface area contributed by atoms with Gasteiger partial charge in [0, 0.05) is 35.7 Å². The molecule has 2 aromatic rings. The average Bonchev–Trinajstić information content (AvgIpc) is 3.69. The van der Waals surface area contributed by atoms with Crippen molar-refractivity contribution in [3.05, 3.63) is 64.7 Å². The van der Waals surface area contributed by atoms with Gasteiger partial charge in [0.15, 0.2) is 11.5 Å². The monoisotopic (exact) mass is 578 g/mol. The number of ether oxygens (including phenoxy) is 3. The zero-order valence-electron chi connectivity index (χ0n) is 24.0. The van der Waals surface area contributed by atoms with Gasteiger partial charge in [-0.3, -0.25) is 14.4 Å². The summed E-state index contributed by atoms with van der Waals surface area (Å²) in [6.07, 6.45) is 4.24. The Hall–Kier alpha value is -3.89. The van der Waals surface area contributed by atoms with Crippen molar-refractivity contribution >= 4 is 18.1 Å². The number of aldehydes is 1. The molecule has 0 saturated heterocycles. The lowest BCUT2D eigenvalue weighted by atomic mass is 9.77. The maximum atomic E-state index is 14.0. The third-order valence-electron chi connectivity index (χ3n) is 8.57. The molecule has 10 nitrogen and oxygen atoms in total. The predicted octanol–water partition coefficient (Wildman–Crippen LogP) is 2.40. The standard InChI is InChI=1S/C32H38N2O8/c1-40-25-10-6-5-7-20(25)11-13-34(32(39)21-8-3-4-9-21)24-17-23(31(38)33-12-14-35)27-22-15-19(18-36)16-26(41-2)29(22)42-30(27)28(24)37/h5-7,10,15-18,21,24,27-28,30,35,37H,3-4,8-9,11-14H2,1-2H3,(H,33,38)/t24-,27+,28+,30+/m1/s1. The molecular weight excluding hydrogens is 540 g/mol. The van der Waals surface area contributed by atoms with Crippen LogP contribution in [0, 0.1) is 5.92 Å². The molecule has 4 atom stereocenters. The van der Waals surface area contributed by atoms with E-state index in [1.54, 1.807) is 30.2 Å². The Bertz CT molecular complexity index is 1350. The fraction of sp³-hybridized carbons (Fsp3) is 0.469. The third-order valence-corrected chi connectivity index (χ3v) is 8.57. The molecule has 0 spiro atoms. The zero-order chi connectivity index (χ0) is 29.8. The molecule has 0 unspecified atom stereocenters. The van der Waals surface area contributed by atoms with Crippen LogP contribution in [0.4, 0.5) is 0 Å². The second-order valence-corrected chi connectivity index (χ2v) is 11.0. The van der Waals surface area contributed by atoms with Gasteiger partial charge in [0.1, 0.15) is 24.2 Å². The molecule has 2 aliphatic carbocycles. The lowest BCUT2D eigenvalue weighted by Gasteiger charge is -2.41. The number of carbonyl (C=O) groups excluding carboxylic acids is 3. The fourth-order valence-corrected chi connectivity index (χ4v) is 6.52. The van der Waals surface area contributed by atoms with E-state index in [1.165, 1.54) is 7.11 Å². The molecule has 1 heterocycles. The highest BCUT2D eigenvalue weighted by atomic mass is 16.5. The molecule has 2 amide bonds. The van der Waals surface area contributed by atoms with Crippen molar-refractivity contribution < 1.29 is 38.8 Å². The minimum atomic E-state index is -1.18. The highest BCUT2D eigenvalue weighted by Crippen LogP contribution is 2.51. The number of hydrogen-bond donors (Lipinski definition) is 3. The van der Waals surface area contributed by atoms with Crippen LogP contribution in [0.15, 0.2) is 48.0 Å². The van der Waals surface area contributed by atoms with E-state index < -0.39 is 30.1 Å². The van der Waals surface area contributed by atoms with Crippen LogP contribution < -0.4 is 19.5 Å². The second-order valence-electron chi connectivity index (χ2n) is 11.0. The van der Waals surface area contributed by atoms with Gasteiger partial charge in [-0.2, -0.15) is 0 Å². The van der Waals surface area contributed by atoms with E-state index in [1.807, 2.05) is 24.3 Å². The second kappa shape index (κ2) is 13.0. The largest absolute Gasteiger partial charge is 0.496 e. The molecule has 5 rings (SSSR count). The van der Waals surface area contributed by atoms with E-state index in [4.69, 9.17) is 14.2 Å². The summed E-state index contributed by atoms with van der Waals surface area (Å²) < 4.78 is 17.3. The maximum absolute atomic E-state index is 14.0. The van der Waals surface area contributed by atoms with Crippen molar-refractivity contribution in [2.75, 3.05) is 33.9 Å². The third kappa shape index (κ3) is 5.61. The molecule has 0 bridgehead atoms. The van der Waals surface area contributed by atoms with Crippen molar-refractivity contribution in [2.24, 2.45) is 5.92 Å². The lowest BCUT2D eigenvalue weighted by molar-refractivity contribution is -0.141. The van der Waals surface area contributed by atoms with E-state index in [2.05, 4.69) is 5.32 Å². The van der Waals surface area contributed by atoms with Crippen molar-refractivity contribution in [1.82, 2.24) is 10.2 Å². The summed E-state index contributed by atoms with van der Waals surface area (Å²) in [6, 6.07) is 9.94. The number of nitrogens with zero attached hydrogens (tertiary/aromatic N) is 1. The summed E-state index contributed by atoms with van der Waals surface area (Å²) in [4.78, 5) is 41.0. The van der Waals surface area contributed by atoms with Crippen LogP contribution in [0.2, 0.25) is 0 Å². The summed E-state index contributed by atoms with van der Waals surface area (Å²) in [5.41, 5.74) is 2.12. The number of amides is 2. The van der Waals surface area contributed by atoms with E-state index in [-0.39, 0.29) is 25.0 Å². The first kappa shape index (κ1) is 29.6. The van der Waals surface area contributed by atoms with Gasteiger partial charge in [-0.1, -0.05) is 31.0 Å². The molecule has 1 aliphatic heterocycles. The maximum Gasteiger partial charge on any atom is 0.247 e. The molecule has 42 heavy (non-hydrogen) atoms. The molecule has 1 fully saturated rings. The minimum Gasteiger partial charge on any atom is -0.496 e. The highest BCUT2D eigenvalue weighted by Gasteiger charge is 2.51. The quantitative estimate of drug-likeness (QED) is 0.346. The topological polar surface area (TPSA) is 135 Å². The SMILES string of the molecule is COc1ccccc1CCN(C(=O)C1CCCC1)[C@@H]1C=C(C(=O)NCCO)[C@@H]2c3cc(C=O)cc(OC)c3O[C@@H]2[C@H]1O. The Balaban J connectivity index is 1.56. The van der Waals surface area contributed by atoms with Gasteiger partial charge in [0.25, 0.3) is 0 Å².